The van der Waals surface area contributed by atoms with Crippen LogP contribution in [-0.4, -0.2) is 28.1 Å². The van der Waals surface area contributed by atoms with Crippen LogP contribution in [0.15, 0.2) is 30.3 Å². The van der Waals surface area contributed by atoms with Gasteiger partial charge in [0.1, 0.15) is 6.04 Å². The third kappa shape index (κ3) is 3.06. The average Bonchev–Trinajstić information content (AvgIpc) is 2.28. The van der Waals surface area contributed by atoms with Crippen molar-refractivity contribution in [3.8, 4) is 0 Å². The molecule has 0 aliphatic rings. The number of aliphatic hydroxyl groups excluding tert-OH is 1. The molecule has 1 amide bonds. The van der Waals surface area contributed by atoms with E-state index in [1.165, 1.54) is 6.92 Å². The van der Waals surface area contributed by atoms with Crippen molar-refractivity contribution in [2.45, 2.75) is 19.1 Å². The Kier molecular flexibility index (Phi) is 4.02. The smallest absolute Gasteiger partial charge is 0.325 e. The summed E-state index contributed by atoms with van der Waals surface area (Å²) in [5.74, 6) is -1.87. The van der Waals surface area contributed by atoms with Gasteiger partial charge in [-0.3, -0.25) is 9.59 Å². The molecule has 1 unspecified atom stereocenters. The molecule has 0 saturated carbocycles. The number of carbonyl (C=O) groups excluding carboxylic acids is 1. The second-order valence-corrected chi connectivity index (χ2v) is 3.38. The van der Waals surface area contributed by atoms with Crippen LogP contribution in [0.2, 0.25) is 0 Å². The molecule has 5 heteroatoms. The van der Waals surface area contributed by atoms with Gasteiger partial charge in [-0.05, 0) is 12.5 Å². The van der Waals surface area contributed by atoms with Crippen LogP contribution < -0.4 is 5.32 Å². The van der Waals surface area contributed by atoms with Gasteiger partial charge in [-0.15, -0.1) is 0 Å². The first kappa shape index (κ1) is 12.2. The summed E-state index contributed by atoms with van der Waals surface area (Å²) in [5, 5.41) is 20.4. The number of amides is 1. The van der Waals surface area contributed by atoms with E-state index in [-0.39, 0.29) is 0 Å². The number of carboxylic acids is 1. The van der Waals surface area contributed by atoms with Crippen LogP contribution >= 0.6 is 0 Å². The summed E-state index contributed by atoms with van der Waals surface area (Å²) >= 11 is 0. The van der Waals surface area contributed by atoms with Crippen molar-refractivity contribution in [1.29, 1.82) is 0 Å². The molecule has 1 aromatic carbocycles. The highest BCUT2D eigenvalue weighted by atomic mass is 16.4. The number of carbonyl (C=O) groups is 2. The van der Waals surface area contributed by atoms with Gasteiger partial charge in [0.25, 0.3) is 5.91 Å². The molecule has 0 aliphatic heterocycles. The summed E-state index contributed by atoms with van der Waals surface area (Å²) in [5.41, 5.74) is 0.428. The lowest BCUT2D eigenvalue weighted by Crippen LogP contribution is -2.40. The van der Waals surface area contributed by atoms with Crippen LogP contribution in [-0.2, 0) is 9.59 Å². The second kappa shape index (κ2) is 5.27. The number of nitrogens with one attached hydrogen (secondary N) is 1. The molecule has 0 bridgehead atoms. The zero-order valence-electron chi connectivity index (χ0n) is 8.75. The van der Waals surface area contributed by atoms with Crippen LogP contribution in [0.3, 0.4) is 0 Å². The Morgan fingerprint density at radius 1 is 1.25 bits per heavy atom. The van der Waals surface area contributed by atoms with E-state index in [1.807, 2.05) is 0 Å². The fourth-order valence-corrected chi connectivity index (χ4v) is 1.14. The topological polar surface area (TPSA) is 86.6 Å². The van der Waals surface area contributed by atoms with Crippen molar-refractivity contribution in [2.75, 3.05) is 0 Å². The van der Waals surface area contributed by atoms with Gasteiger partial charge in [-0.2, -0.15) is 0 Å². The summed E-state index contributed by atoms with van der Waals surface area (Å²) < 4.78 is 0. The first-order chi connectivity index (χ1) is 7.52. The molecule has 0 saturated heterocycles. The van der Waals surface area contributed by atoms with Gasteiger partial charge in [0, 0.05) is 0 Å². The van der Waals surface area contributed by atoms with Crippen molar-refractivity contribution in [3.63, 3.8) is 0 Å². The Morgan fingerprint density at radius 3 is 2.31 bits per heavy atom. The summed E-state index contributed by atoms with van der Waals surface area (Å²) in [6.45, 7) is 1.33. The SMILES string of the molecule is C[C@@H](NC(=O)C(O)c1ccccc1)C(=O)O. The van der Waals surface area contributed by atoms with Crippen molar-refractivity contribution in [3.05, 3.63) is 35.9 Å². The lowest BCUT2D eigenvalue weighted by molar-refractivity contribution is -0.142. The monoisotopic (exact) mass is 223 g/mol. The normalized spacial score (nSPS) is 13.9. The minimum Gasteiger partial charge on any atom is -0.480 e. The van der Waals surface area contributed by atoms with Gasteiger partial charge in [-0.25, -0.2) is 0 Å². The van der Waals surface area contributed by atoms with Crippen molar-refractivity contribution in [2.24, 2.45) is 0 Å². The zero-order valence-corrected chi connectivity index (χ0v) is 8.75. The van der Waals surface area contributed by atoms with Gasteiger partial charge in [0.05, 0.1) is 0 Å². The summed E-state index contributed by atoms with van der Waals surface area (Å²) in [7, 11) is 0. The Balaban J connectivity index is 2.65. The maximum Gasteiger partial charge on any atom is 0.325 e. The number of benzene rings is 1. The quantitative estimate of drug-likeness (QED) is 0.685. The molecule has 0 radical (unpaired) electrons. The minimum atomic E-state index is -1.34. The highest BCUT2D eigenvalue weighted by molar-refractivity contribution is 5.86. The predicted octanol–water partition coefficient (Wildman–Crippen LogP) is 0.309. The van der Waals surface area contributed by atoms with E-state index in [4.69, 9.17) is 5.11 Å². The van der Waals surface area contributed by atoms with E-state index in [0.29, 0.717) is 5.56 Å². The molecule has 86 valence electrons. The third-order valence-electron chi connectivity index (χ3n) is 2.09. The number of rotatable bonds is 4. The van der Waals surface area contributed by atoms with Gasteiger partial charge in [0.2, 0.25) is 0 Å². The van der Waals surface area contributed by atoms with E-state index >= 15 is 0 Å². The molecule has 1 rings (SSSR count). The Labute approximate surface area is 92.7 Å². The molecule has 1 aromatic rings. The van der Waals surface area contributed by atoms with Gasteiger partial charge in [0.15, 0.2) is 6.10 Å². The summed E-state index contributed by atoms with van der Waals surface area (Å²) in [6.07, 6.45) is -1.34. The summed E-state index contributed by atoms with van der Waals surface area (Å²) in [4.78, 5) is 21.9. The van der Waals surface area contributed by atoms with E-state index in [1.54, 1.807) is 30.3 Å². The van der Waals surface area contributed by atoms with E-state index in [2.05, 4.69) is 5.32 Å². The van der Waals surface area contributed by atoms with Gasteiger partial charge in [-0.1, -0.05) is 30.3 Å². The molecular formula is C11H13NO4. The fourth-order valence-electron chi connectivity index (χ4n) is 1.14. The molecule has 0 spiro atoms. The van der Waals surface area contributed by atoms with Crippen LogP contribution in [0.25, 0.3) is 0 Å². The maximum absolute atomic E-state index is 11.4. The summed E-state index contributed by atoms with van der Waals surface area (Å²) in [6, 6.07) is 7.30. The Morgan fingerprint density at radius 2 is 1.81 bits per heavy atom. The number of hydrogen-bond acceptors (Lipinski definition) is 3. The molecular weight excluding hydrogens is 210 g/mol. The lowest BCUT2D eigenvalue weighted by Gasteiger charge is -2.13. The largest absolute Gasteiger partial charge is 0.480 e. The minimum absolute atomic E-state index is 0.428. The first-order valence-electron chi connectivity index (χ1n) is 4.78. The molecule has 0 heterocycles. The molecule has 3 N–H and O–H groups in total. The molecule has 0 fully saturated rings. The maximum atomic E-state index is 11.4. The number of carboxylic acid groups (broad SMARTS) is 1. The Hall–Kier alpha value is -1.88. The number of aliphatic carboxylic acids is 1. The van der Waals surface area contributed by atoms with Crippen LogP contribution in [0.4, 0.5) is 0 Å². The molecule has 16 heavy (non-hydrogen) atoms. The highest BCUT2D eigenvalue weighted by Crippen LogP contribution is 2.11. The first-order valence-corrected chi connectivity index (χ1v) is 4.78. The molecule has 2 atom stereocenters. The van der Waals surface area contributed by atoms with Crippen LogP contribution in [0.1, 0.15) is 18.6 Å². The number of aliphatic hydroxyl groups is 1. The average molecular weight is 223 g/mol. The lowest BCUT2D eigenvalue weighted by atomic mass is 10.1. The Bertz CT molecular complexity index is 377. The van der Waals surface area contributed by atoms with Crippen LogP contribution in [0, 0.1) is 0 Å². The van der Waals surface area contributed by atoms with E-state index in [9.17, 15) is 14.7 Å². The second-order valence-electron chi connectivity index (χ2n) is 3.38. The van der Waals surface area contributed by atoms with Crippen molar-refractivity contribution >= 4 is 11.9 Å². The zero-order chi connectivity index (χ0) is 12.1. The molecule has 5 nitrogen and oxygen atoms in total. The van der Waals surface area contributed by atoms with E-state index < -0.39 is 24.0 Å². The fraction of sp³-hybridized carbons (Fsp3) is 0.273. The van der Waals surface area contributed by atoms with Gasteiger partial charge >= 0.3 is 5.97 Å². The van der Waals surface area contributed by atoms with E-state index in [0.717, 1.165) is 0 Å². The van der Waals surface area contributed by atoms with Gasteiger partial charge < -0.3 is 15.5 Å². The standard InChI is InChI=1S/C11H13NO4/c1-7(11(15)16)12-10(14)9(13)8-5-3-2-4-6-8/h2-7,9,13H,1H3,(H,12,14)(H,15,16)/t7-,9?/m1/s1. The molecule has 0 aromatic heterocycles. The third-order valence-corrected chi connectivity index (χ3v) is 2.09. The van der Waals surface area contributed by atoms with Crippen LogP contribution in [0.5, 0.6) is 0 Å². The van der Waals surface area contributed by atoms with Crippen molar-refractivity contribution < 1.29 is 19.8 Å². The molecule has 0 aliphatic carbocycles. The predicted molar refractivity (Wildman–Crippen MR) is 56.6 cm³/mol. The number of hydrogen-bond donors (Lipinski definition) is 3. The van der Waals surface area contributed by atoms with Crippen molar-refractivity contribution in [1.82, 2.24) is 5.32 Å². The highest BCUT2D eigenvalue weighted by Gasteiger charge is 2.21.